The van der Waals surface area contributed by atoms with Gasteiger partial charge in [0.25, 0.3) is 0 Å². The van der Waals surface area contributed by atoms with E-state index < -0.39 is 0 Å². The first-order valence-corrected chi connectivity index (χ1v) is 10.6. The van der Waals surface area contributed by atoms with Crippen LogP contribution in [0.15, 0.2) is 24.4 Å². The zero-order chi connectivity index (χ0) is 20.1. The highest BCUT2D eigenvalue weighted by atomic mass is 16.2. The lowest BCUT2D eigenvalue weighted by atomic mass is 9.96. The van der Waals surface area contributed by atoms with Crippen LogP contribution in [0, 0.1) is 19.8 Å². The highest BCUT2D eigenvalue weighted by molar-refractivity contribution is 5.79. The number of pyridine rings is 1. The number of aryl methyl sites for hydroxylation is 1. The van der Waals surface area contributed by atoms with Crippen molar-refractivity contribution in [1.82, 2.24) is 19.7 Å². The Balaban J connectivity index is 1.70. The van der Waals surface area contributed by atoms with Gasteiger partial charge in [-0.25, -0.2) is 9.67 Å². The molecule has 6 nitrogen and oxygen atoms in total. The predicted molar refractivity (Wildman–Crippen MR) is 113 cm³/mol. The molecule has 1 fully saturated rings. The molecule has 6 heteroatoms. The summed E-state index contributed by atoms with van der Waals surface area (Å²) in [6, 6.07) is 5.87. The molecule has 2 aromatic heterocycles. The second-order valence-corrected chi connectivity index (χ2v) is 7.71. The maximum Gasteiger partial charge on any atom is 0.225 e. The van der Waals surface area contributed by atoms with Gasteiger partial charge < -0.3 is 9.80 Å². The Morgan fingerprint density at radius 1 is 1.07 bits per heavy atom. The number of piperazine rings is 1. The maximum absolute atomic E-state index is 12.9. The van der Waals surface area contributed by atoms with Crippen LogP contribution in [0.2, 0.25) is 0 Å². The average Bonchev–Trinajstić information content (AvgIpc) is 3.02. The van der Waals surface area contributed by atoms with Crippen molar-refractivity contribution in [2.75, 3.05) is 31.1 Å². The van der Waals surface area contributed by atoms with Crippen molar-refractivity contribution in [3.05, 3.63) is 35.8 Å². The Bertz CT molecular complexity index is 772. The molecule has 3 heterocycles. The second kappa shape index (κ2) is 9.22. The summed E-state index contributed by atoms with van der Waals surface area (Å²) in [6.07, 6.45) is 5.94. The lowest BCUT2D eigenvalue weighted by Crippen LogP contribution is -2.50. The molecule has 0 spiro atoms. The summed E-state index contributed by atoms with van der Waals surface area (Å²) < 4.78 is 1.92. The van der Waals surface area contributed by atoms with Gasteiger partial charge in [-0.05, 0) is 38.8 Å². The highest BCUT2D eigenvalue weighted by Crippen LogP contribution is 2.28. The summed E-state index contributed by atoms with van der Waals surface area (Å²) in [4.78, 5) is 21.8. The van der Waals surface area contributed by atoms with Gasteiger partial charge in [0.1, 0.15) is 0 Å². The van der Waals surface area contributed by atoms with Gasteiger partial charge in [0.2, 0.25) is 5.91 Å². The van der Waals surface area contributed by atoms with Crippen LogP contribution in [0.25, 0.3) is 5.82 Å². The minimum atomic E-state index is 0.192. The zero-order valence-electron chi connectivity index (χ0n) is 17.7. The lowest BCUT2D eigenvalue weighted by Gasteiger charge is -2.37. The number of rotatable bonds is 7. The molecule has 1 aliphatic heterocycles. The van der Waals surface area contributed by atoms with E-state index in [0.717, 1.165) is 69.1 Å². The molecule has 0 radical (unpaired) electrons. The first-order chi connectivity index (χ1) is 13.6. The van der Waals surface area contributed by atoms with Crippen LogP contribution in [0.3, 0.4) is 0 Å². The number of carbonyl (C=O) groups excluding carboxylic acids is 1. The summed E-state index contributed by atoms with van der Waals surface area (Å²) in [5.41, 5.74) is 3.29. The zero-order valence-corrected chi connectivity index (χ0v) is 17.7. The van der Waals surface area contributed by atoms with Crippen molar-refractivity contribution in [1.29, 1.82) is 0 Å². The fraction of sp³-hybridized carbons (Fsp3) is 0.591. The van der Waals surface area contributed by atoms with Crippen molar-refractivity contribution in [2.45, 2.75) is 53.4 Å². The summed E-state index contributed by atoms with van der Waals surface area (Å²) in [6.45, 7) is 11.8. The highest BCUT2D eigenvalue weighted by Gasteiger charge is 2.28. The smallest absolute Gasteiger partial charge is 0.225 e. The molecule has 2 aromatic rings. The maximum atomic E-state index is 12.9. The predicted octanol–water partition coefficient (Wildman–Crippen LogP) is 3.75. The topological polar surface area (TPSA) is 54.3 Å². The molecule has 0 saturated carbocycles. The van der Waals surface area contributed by atoms with Crippen LogP contribution in [0.4, 0.5) is 5.69 Å². The van der Waals surface area contributed by atoms with Crippen LogP contribution in [0.5, 0.6) is 0 Å². The Morgan fingerprint density at radius 2 is 1.75 bits per heavy atom. The van der Waals surface area contributed by atoms with E-state index >= 15 is 0 Å². The van der Waals surface area contributed by atoms with Crippen molar-refractivity contribution in [3.8, 4) is 5.82 Å². The first-order valence-electron chi connectivity index (χ1n) is 10.6. The minimum absolute atomic E-state index is 0.192. The summed E-state index contributed by atoms with van der Waals surface area (Å²) in [5, 5.41) is 4.72. The number of aromatic nitrogens is 3. The Morgan fingerprint density at radius 3 is 2.32 bits per heavy atom. The molecule has 0 aliphatic carbocycles. The first kappa shape index (κ1) is 20.4. The van der Waals surface area contributed by atoms with E-state index in [1.807, 2.05) is 22.9 Å². The molecule has 1 amide bonds. The van der Waals surface area contributed by atoms with Gasteiger partial charge in [0.15, 0.2) is 5.82 Å². The summed E-state index contributed by atoms with van der Waals surface area (Å²) in [5.74, 6) is 1.38. The van der Waals surface area contributed by atoms with E-state index in [1.54, 1.807) is 6.20 Å². The largest absolute Gasteiger partial charge is 0.365 e. The molecule has 1 saturated heterocycles. The lowest BCUT2D eigenvalue weighted by molar-refractivity contribution is -0.136. The fourth-order valence-corrected chi connectivity index (χ4v) is 4.29. The van der Waals surface area contributed by atoms with Gasteiger partial charge in [-0.2, -0.15) is 5.10 Å². The number of anilines is 1. The van der Waals surface area contributed by atoms with E-state index in [-0.39, 0.29) is 5.92 Å². The van der Waals surface area contributed by atoms with E-state index in [0.29, 0.717) is 5.91 Å². The third-order valence-corrected chi connectivity index (χ3v) is 5.65. The number of hydrogen-bond acceptors (Lipinski definition) is 4. The van der Waals surface area contributed by atoms with Crippen LogP contribution in [-0.4, -0.2) is 51.8 Å². The van der Waals surface area contributed by atoms with E-state index in [2.05, 4.69) is 42.5 Å². The molecular weight excluding hydrogens is 350 g/mol. The SMILES string of the molecule is CCCC(CCC)C(=O)N1CCN(c2c(C)nn(-c3ccccn3)c2C)CC1. The van der Waals surface area contributed by atoms with Crippen molar-refractivity contribution in [3.63, 3.8) is 0 Å². The molecular formula is C22H33N5O. The van der Waals surface area contributed by atoms with Crippen molar-refractivity contribution >= 4 is 11.6 Å². The Kier molecular flexibility index (Phi) is 6.70. The number of carbonyl (C=O) groups is 1. The third kappa shape index (κ3) is 4.21. The standard InChI is InChI=1S/C22H33N5O/c1-5-9-19(10-6-2)22(28)26-15-13-25(14-16-26)21-17(3)24-27(18(21)4)20-11-7-8-12-23-20/h7-8,11-12,19H,5-6,9-10,13-16H2,1-4H3. The quantitative estimate of drug-likeness (QED) is 0.731. The van der Waals surface area contributed by atoms with Gasteiger partial charge >= 0.3 is 0 Å². The monoisotopic (exact) mass is 383 g/mol. The molecule has 3 rings (SSSR count). The van der Waals surface area contributed by atoms with E-state index in [1.165, 1.54) is 5.69 Å². The minimum Gasteiger partial charge on any atom is -0.365 e. The van der Waals surface area contributed by atoms with Crippen molar-refractivity contribution in [2.24, 2.45) is 5.92 Å². The van der Waals surface area contributed by atoms with Crippen LogP contribution >= 0.6 is 0 Å². The summed E-state index contributed by atoms with van der Waals surface area (Å²) in [7, 11) is 0. The van der Waals surface area contributed by atoms with Crippen LogP contribution < -0.4 is 4.90 Å². The molecule has 0 N–H and O–H groups in total. The fourth-order valence-electron chi connectivity index (χ4n) is 4.29. The van der Waals surface area contributed by atoms with Crippen LogP contribution in [-0.2, 0) is 4.79 Å². The van der Waals surface area contributed by atoms with Gasteiger partial charge in [0.05, 0.1) is 17.1 Å². The molecule has 28 heavy (non-hydrogen) atoms. The molecule has 152 valence electrons. The Hall–Kier alpha value is -2.37. The second-order valence-electron chi connectivity index (χ2n) is 7.71. The molecule has 0 unspecified atom stereocenters. The molecule has 0 aromatic carbocycles. The van der Waals surface area contributed by atoms with Gasteiger partial charge in [-0.15, -0.1) is 0 Å². The molecule has 0 bridgehead atoms. The third-order valence-electron chi connectivity index (χ3n) is 5.65. The number of nitrogens with zero attached hydrogens (tertiary/aromatic N) is 5. The van der Waals surface area contributed by atoms with Crippen LogP contribution in [0.1, 0.15) is 50.9 Å². The van der Waals surface area contributed by atoms with E-state index in [4.69, 9.17) is 5.10 Å². The van der Waals surface area contributed by atoms with Crippen molar-refractivity contribution < 1.29 is 4.79 Å². The average molecular weight is 384 g/mol. The van der Waals surface area contributed by atoms with Gasteiger partial charge in [0, 0.05) is 38.3 Å². The number of amides is 1. The number of hydrogen-bond donors (Lipinski definition) is 0. The molecule has 1 aliphatic rings. The summed E-state index contributed by atoms with van der Waals surface area (Å²) >= 11 is 0. The normalized spacial score (nSPS) is 14.8. The Labute approximate surface area is 168 Å². The van der Waals surface area contributed by atoms with Gasteiger partial charge in [-0.1, -0.05) is 32.8 Å². The van der Waals surface area contributed by atoms with E-state index in [9.17, 15) is 4.79 Å². The van der Waals surface area contributed by atoms with Gasteiger partial charge in [-0.3, -0.25) is 4.79 Å². The molecule has 0 atom stereocenters.